The number of aliphatic hydroxyl groups excluding tert-OH is 2. The lowest BCUT2D eigenvalue weighted by Gasteiger charge is -2.47. The van der Waals surface area contributed by atoms with Crippen molar-refractivity contribution in [2.24, 2.45) is 11.8 Å². The molecule has 0 saturated carbocycles. The Labute approximate surface area is 192 Å². The fourth-order valence-corrected chi connectivity index (χ4v) is 4.91. The fourth-order valence-electron chi connectivity index (χ4n) is 3.99. The van der Waals surface area contributed by atoms with E-state index in [2.05, 4.69) is 6.07 Å². The molecule has 2 heterocycles. The Morgan fingerprint density at radius 3 is 2.28 bits per heavy atom. The summed E-state index contributed by atoms with van der Waals surface area (Å²) >= 11 is 1.32. The van der Waals surface area contributed by atoms with E-state index in [0.29, 0.717) is 6.42 Å². The second-order valence-corrected chi connectivity index (χ2v) is 9.23. The van der Waals surface area contributed by atoms with Crippen molar-refractivity contribution in [3.05, 3.63) is 0 Å². The Balaban J connectivity index is 2.21. The van der Waals surface area contributed by atoms with Crippen molar-refractivity contribution >= 4 is 23.7 Å². The van der Waals surface area contributed by atoms with Crippen molar-refractivity contribution in [1.29, 1.82) is 5.26 Å². The zero-order valence-corrected chi connectivity index (χ0v) is 19.8. The van der Waals surface area contributed by atoms with Gasteiger partial charge in [-0.05, 0) is 6.42 Å². The molecule has 0 radical (unpaired) electrons. The van der Waals surface area contributed by atoms with Gasteiger partial charge in [0, 0.05) is 25.7 Å². The number of carbonyl (C=O) groups excluding carboxylic acids is 2. The van der Waals surface area contributed by atoms with E-state index >= 15 is 0 Å². The van der Waals surface area contributed by atoms with Crippen LogP contribution in [-0.4, -0.2) is 82.9 Å². The molecule has 32 heavy (non-hydrogen) atoms. The molecule has 2 aliphatic heterocycles. The topological polar surface area (TPSA) is 145 Å². The van der Waals surface area contributed by atoms with Gasteiger partial charge in [-0.15, -0.1) is 11.8 Å². The van der Waals surface area contributed by atoms with Crippen LogP contribution in [0.15, 0.2) is 0 Å². The maximum atomic E-state index is 11.6. The second-order valence-electron chi connectivity index (χ2n) is 8.14. The second kappa shape index (κ2) is 12.2. The maximum Gasteiger partial charge on any atom is 0.303 e. The van der Waals surface area contributed by atoms with Crippen LogP contribution in [0.25, 0.3) is 0 Å². The monoisotopic (exact) mass is 475 g/mol. The number of ether oxygens (including phenoxy) is 5. The van der Waals surface area contributed by atoms with E-state index in [0.717, 1.165) is 0 Å². The van der Waals surface area contributed by atoms with Crippen molar-refractivity contribution in [2.75, 3.05) is 12.4 Å². The van der Waals surface area contributed by atoms with E-state index in [4.69, 9.17) is 28.9 Å². The maximum absolute atomic E-state index is 11.6. The number of hydrogen-bond acceptors (Lipinski definition) is 11. The summed E-state index contributed by atoms with van der Waals surface area (Å²) in [6.45, 7) is 7.70. The predicted octanol–water partition coefficient (Wildman–Crippen LogP) is 0.977. The summed E-state index contributed by atoms with van der Waals surface area (Å²) in [6, 6.07) is 2.07. The number of carbonyl (C=O) groups is 2. The molecule has 2 fully saturated rings. The van der Waals surface area contributed by atoms with Crippen LogP contribution in [0, 0.1) is 23.2 Å². The highest BCUT2D eigenvalue weighted by Crippen LogP contribution is 2.38. The smallest absolute Gasteiger partial charge is 0.303 e. The fraction of sp³-hybridized carbons (Fsp3) is 0.857. The van der Waals surface area contributed by atoms with Crippen molar-refractivity contribution in [3.8, 4) is 6.07 Å². The molecule has 10 atom stereocenters. The lowest BCUT2D eigenvalue weighted by molar-refractivity contribution is -0.324. The molecule has 0 aliphatic carbocycles. The first-order valence-electron chi connectivity index (χ1n) is 10.7. The molecule has 10 nitrogen and oxygen atoms in total. The molecule has 2 N–H and O–H groups in total. The van der Waals surface area contributed by atoms with E-state index in [1.165, 1.54) is 25.6 Å². The summed E-state index contributed by atoms with van der Waals surface area (Å²) in [5.74, 6) is -1.75. The number of hydrogen-bond donors (Lipinski definition) is 2. The van der Waals surface area contributed by atoms with Gasteiger partial charge in [-0.3, -0.25) is 9.59 Å². The number of nitrogens with zero attached hydrogens (tertiary/aromatic N) is 1. The van der Waals surface area contributed by atoms with Crippen LogP contribution in [0.2, 0.25) is 0 Å². The third-order valence-electron chi connectivity index (χ3n) is 5.74. The Hall–Kier alpha value is -1.42. The molecule has 0 aromatic rings. The van der Waals surface area contributed by atoms with Crippen molar-refractivity contribution in [1.82, 2.24) is 0 Å². The first-order chi connectivity index (χ1) is 15.1. The van der Waals surface area contributed by atoms with Crippen molar-refractivity contribution in [3.63, 3.8) is 0 Å². The van der Waals surface area contributed by atoms with Gasteiger partial charge in [0.25, 0.3) is 0 Å². The van der Waals surface area contributed by atoms with Crippen LogP contribution < -0.4 is 0 Å². The highest BCUT2D eigenvalue weighted by molar-refractivity contribution is 7.99. The summed E-state index contributed by atoms with van der Waals surface area (Å²) in [5.41, 5.74) is -0.378. The SMILES string of the molecule is CCC1O[C@@H](SCC#N)[C@@H](C)C(O[C@@H]2OC(COC(C)=O)[C@H](OC(C)=O)C(C)C2O)[C@@H]1O. The standard InChI is InChI=1S/C21H33NO9S/c1-6-14-17(26)19(11(3)21(30-14)32-8-7-22)31-20-16(25)10(2)18(28-13(5)24)15(29-20)9-27-12(4)23/h10-11,14-21,25-26H,6,8-9H2,1-5H3/t10?,11-,14?,15?,16?,17+,18+,19?,20-,21-/m0/s1. The first-order valence-corrected chi connectivity index (χ1v) is 11.8. The van der Waals surface area contributed by atoms with Gasteiger partial charge in [-0.2, -0.15) is 5.26 Å². The minimum absolute atomic E-state index is 0.186. The van der Waals surface area contributed by atoms with Gasteiger partial charge >= 0.3 is 11.9 Å². The van der Waals surface area contributed by atoms with Gasteiger partial charge in [0.2, 0.25) is 0 Å². The van der Waals surface area contributed by atoms with Crippen molar-refractivity contribution in [2.45, 2.75) is 89.4 Å². The molecular weight excluding hydrogens is 442 g/mol. The highest BCUT2D eigenvalue weighted by Gasteiger charge is 2.50. The molecule has 2 rings (SSSR count). The van der Waals surface area contributed by atoms with Gasteiger partial charge < -0.3 is 33.9 Å². The number of aliphatic hydroxyl groups is 2. The largest absolute Gasteiger partial charge is 0.463 e. The zero-order valence-electron chi connectivity index (χ0n) is 19.0. The van der Waals surface area contributed by atoms with Gasteiger partial charge in [-0.25, -0.2) is 0 Å². The van der Waals surface area contributed by atoms with E-state index < -0.39 is 60.8 Å². The molecule has 0 bridgehead atoms. The minimum atomic E-state index is -1.17. The van der Waals surface area contributed by atoms with Gasteiger partial charge in [0.15, 0.2) is 6.29 Å². The Kier molecular flexibility index (Phi) is 10.2. The normalized spacial score (nSPS) is 39.7. The van der Waals surface area contributed by atoms with Crippen LogP contribution in [0.1, 0.15) is 41.0 Å². The molecule has 2 saturated heterocycles. The number of thioether (sulfide) groups is 1. The van der Waals surface area contributed by atoms with Crippen LogP contribution in [0.5, 0.6) is 0 Å². The molecular formula is C21H33NO9S. The molecule has 0 aromatic heterocycles. The number of nitriles is 1. The van der Waals surface area contributed by atoms with E-state index in [9.17, 15) is 19.8 Å². The quantitative estimate of drug-likeness (QED) is 0.485. The van der Waals surface area contributed by atoms with Crippen LogP contribution >= 0.6 is 11.8 Å². The summed E-state index contributed by atoms with van der Waals surface area (Å²) < 4.78 is 28.3. The third-order valence-corrected chi connectivity index (χ3v) is 6.91. The molecule has 5 unspecified atom stereocenters. The Morgan fingerprint density at radius 1 is 1.03 bits per heavy atom. The predicted molar refractivity (Wildman–Crippen MR) is 113 cm³/mol. The van der Waals surface area contributed by atoms with E-state index in [-0.39, 0.29) is 23.7 Å². The summed E-state index contributed by atoms with van der Waals surface area (Å²) in [4.78, 5) is 22.9. The van der Waals surface area contributed by atoms with Crippen LogP contribution in [0.3, 0.4) is 0 Å². The average molecular weight is 476 g/mol. The third kappa shape index (κ3) is 6.56. The first kappa shape index (κ1) is 26.8. The van der Waals surface area contributed by atoms with Gasteiger partial charge in [-0.1, -0.05) is 20.8 Å². The lowest BCUT2D eigenvalue weighted by Crippen LogP contribution is -2.60. The molecule has 2 aliphatic rings. The van der Waals surface area contributed by atoms with Crippen LogP contribution in [0.4, 0.5) is 0 Å². The molecule has 182 valence electrons. The summed E-state index contributed by atoms with van der Waals surface area (Å²) in [7, 11) is 0. The zero-order chi connectivity index (χ0) is 24.0. The lowest BCUT2D eigenvalue weighted by atomic mass is 9.89. The van der Waals surface area contributed by atoms with E-state index in [1.54, 1.807) is 6.92 Å². The summed E-state index contributed by atoms with van der Waals surface area (Å²) in [6.07, 6.45) is -5.71. The Bertz CT molecular complexity index is 687. The molecule has 0 aromatic carbocycles. The van der Waals surface area contributed by atoms with Crippen LogP contribution in [-0.2, 0) is 33.3 Å². The molecule has 0 spiro atoms. The summed E-state index contributed by atoms with van der Waals surface area (Å²) in [5, 5.41) is 30.6. The minimum Gasteiger partial charge on any atom is -0.463 e. The number of esters is 2. The van der Waals surface area contributed by atoms with Gasteiger partial charge in [0.1, 0.15) is 36.5 Å². The van der Waals surface area contributed by atoms with Gasteiger partial charge in [0.05, 0.1) is 24.0 Å². The molecule has 11 heteroatoms. The Morgan fingerprint density at radius 2 is 1.72 bits per heavy atom. The highest BCUT2D eigenvalue weighted by atomic mass is 32.2. The van der Waals surface area contributed by atoms with E-state index in [1.807, 2.05) is 13.8 Å². The molecule has 0 amide bonds. The van der Waals surface area contributed by atoms with Crippen molar-refractivity contribution < 1.29 is 43.5 Å². The average Bonchev–Trinajstić information content (AvgIpc) is 2.74. The number of rotatable bonds is 8.